The molecule has 0 aromatic rings. The van der Waals surface area contributed by atoms with E-state index in [1.807, 2.05) is 0 Å². The lowest BCUT2D eigenvalue weighted by molar-refractivity contribution is -0.290. The maximum absolute atomic E-state index is 10.6. The molecular formula is C6H12O9S. The van der Waals surface area contributed by atoms with Crippen LogP contribution in [0, 0.1) is 0 Å². The van der Waals surface area contributed by atoms with Gasteiger partial charge in [0, 0.05) is 0 Å². The summed E-state index contributed by atoms with van der Waals surface area (Å²) in [5.74, 6) is 0. The van der Waals surface area contributed by atoms with Crippen LogP contribution < -0.4 is 0 Å². The highest BCUT2D eigenvalue weighted by Crippen LogP contribution is 2.23. The van der Waals surface area contributed by atoms with E-state index in [2.05, 4.69) is 4.74 Å². The highest BCUT2D eigenvalue weighted by molar-refractivity contribution is 7.86. The number of hydrogen-bond donors (Lipinski definition) is 6. The van der Waals surface area contributed by atoms with Crippen molar-refractivity contribution in [2.24, 2.45) is 0 Å². The molecule has 1 rings (SSSR count). The molecule has 0 aromatic carbocycles. The molecule has 1 unspecified atom stereocenters. The first-order chi connectivity index (χ1) is 7.16. The first-order valence-electron chi connectivity index (χ1n) is 4.18. The predicted molar refractivity (Wildman–Crippen MR) is 46.5 cm³/mol. The van der Waals surface area contributed by atoms with Crippen molar-refractivity contribution in [2.75, 3.05) is 0 Å². The minimum absolute atomic E-state index is 1.85. The molecule has 96 valence electrons. The van der Waals surface area contributed by atoms with Gasteiger partial charge >= 0.3 is 0 Å². The molecule has 0 spiro atoms. The van der Waals surface area contributed by atoms with Crippen LogP contribution in [0.25, 0.3) is 0 Å². The van der Waals surface area contributed by atoms with Gasteiger partial charge < -0.3 is 30.3 Å². The number of hydrogen-bond acceptors (Lipinski definition) is 8. The third-order valence-corrected chi connectivity index (χ3v) is 3.09. The van der Waals surface area contributed by atoms with Crippen molar-refractivity contribution in [1.29, 1.82) is 0 Å². The monoisotopic (exact) mass is 260 g/mol. The molecule has 0 aliphatic carbocycles. The summed E-state index contributed by atoms with van der Waals surface area (Å²) in [6.07, 6.45) is -9.69. The Morgan fingerprint density at radius 1 is 1.00 bits per heavy atom. The largest absolute Gasteiger partial charge is 0.387 e. The van der Waals surface area contributed by atoms with E-state index < -0.39 is 46.3 Å². The van der Waals surface area contributed by atoms with E-state index >= 15 is 0 Å². The number of ether oxygens (including phenoxy) is 1. The fraction of sp³-hybridized carbons (Fsp3) is 1.00. The first-order valence-corrected chi connectivity index (χ1v) is 5.68. The zero-order valence-electron chi connectivity index (χ0n) is 7.78. The second-order valence-corrected chi connectivity index (χ2v) is 4.88. The number of rotatable bonds is 2. The lowest BCUT2D eigenvalue weighted by atomic mass is 9.99. The summed E-state index contributed by atoms with van der Waals surface area (Å²) in [5.41, 5.74) is -2.54. The second-order valence-electron chi connectivity index (χ2n) is 3.37. The van der Waals surface area contributed by atoms with Crippen molar-refractivity contribution in [1.82, 2.24) is 0 Å². The van der Waals surface area contributed by atoms with Gasteiger partial charge in [0.15, 0.2) is 6.29 Å². The quantitative estimate of drug-likeness (QED) is 0.271. The molecule has 9 nitrogen and oxygen atoms in total. The molecule has 1 fully saturated rings. The maximum Gasteiger partial charge on any atom is 0.294 e. The topological polar surface area (TPSA) is 165 Å². The average Bonchev–Trinajstić information content (AvgIpc) is 2.18. The zero-order valence-corrected chi connectivity index (χ0v) is 8.60. The van der Waals surface area contributed by atoms with Crippen LogP contribution in [0.15, 0.2) is 0 Å². The Bertz CT molecular complexity index is 340. The van der Waals surface area contributed by atoms with Crippen molar-refractivity contribution in [3.05, 3.63) is 0 Å². The molecule has 1 aliphatic rings. The molecule has 0 amide bonds. The van der Waals surface area contributed by atoms with E-state index in [1.54, 1.807) is 0 Å². The highest BCUT2D eigenvalue weighted by Gasteiger charge is 2.48. The van der Waals surface area contributed by atoms with Crippen molar-refractivity contribution in [3.63, 3.8) is 0 Å². The van der Waals surface area contributed by atoms with Gasteiger partial charge in [-0.1, -0.05) is 0 Å². The van der Waals surface area contributed by atoms with Gasteiger partial charge in [0.25, 0.3) is 10.1 Å². The normalized spacial score (nSPS) is 43.0. The van der Waals surface area contributed by atoms with Gasteiger partial charge in [-0.25, -0.2) is 0 Å². The summed E-state index contributed by atoms with van der Waals surface area (Å²) in [6.45, 7) is 0. The minimum Gasteiger partial charge on any atom is -0.387 e. The van der Waals surface area contributed by atoms with Crippen molar-refractivity contribution < 1.29 is 43.2 Å². The summed E-state index contributed by atoms with van der Waals surface area (Å²) < 4.78 is 34.0. The van der Waals surface area contributed by atoms with Gasteiger partial charge in [-0.05, 0) is 0 Å². The minimum atomic E-state index is -4.93. The molecule has 0 saturated carbocycles. The van der Waals surface area contributed by atoms with Crippen molar-refractivity contribution >= 4 is 10.1 Å². The number of aliphatic hydroxyl groups excluding tert-OH is 5. The van der Waals surface area contributed by atoms with E-state index in [4.69, 9.17) is 19.9 Å². The standard InChI is InChI=1S/C6H12O9S/c7-1-2(8)4(6(11)16(12,13)14)15-5(10)3(1)9/h1-11H,(H,12,13,14)/t1-,2+,3+,4-,5-,6?/m0/s1. The molecule has 1 saturated heterocycles. The third-order valence-electron chi connectivity index (χ3n) is 2.21. The second kappa shape index (κ2) is 4.50. The van der Waals surface area contributed by atoms with Crippen LogP contribution in [-0.2, 0) is 14.9 Å². The Morgan fingerprint density at radius 2 is 1.50 bits per heavy atom. The fourth-order valence-corrected chi connectivity index (χ4v) is 1.86. The molecular weight excluding hydrogens is 248 g/mol. The zero-order chi connectivity index (χ0) is 12.7. The van der Waals surface area contributed by atoms with Gasteiger partial charge in [0.2, 0.25) is 5.44 Å². The van der Waals surface area contributed by atoms with Crippen LogP contribution in [0.2, 0.25) is 0 Å². The molecule has 1 heterocycles. The van der Waals surface area contributed by atoms with Gasteiger partial charge in [-0.15, -0.1) is 0 Å². The Kier molecular flexibility index (Phi) is 3.87. The van der Waals surface area contributed by atoms with Crippen LogP contribution >= 0.6 is 0 Å². The summed E-state index contributed by atoms with van der Waals surface area (Å²) in [6, 6.07) is 0. The molecule has 6 atom stereocenters. The summed E-state index contributed by atoms with van der Waals surface area (Å²) >= 11 is 0. The Balaban J connectivity index is 2.90. The molecule has 0 radical (unpaired) electrons. The first kappa shape index (κ1) is 13.7. The van der Waals surface area contributed by atoms with Crippen LogP contribution in [0.5, 0.6) is 0 Å². The summed E-state index contributed by atoms with van der Waals surface area (Å²) in [4.78, 5) is 0. The summed E-state index contributed by atoms with van der Waals surface area (Å²) in [5, 5.41) is 45.6. The molecule has 6 N–H and O–H groups in total. The number of aliphatic hydroxyl groups is 5. The third kappa shape index (κ3) is 2.49. The molecule has 16 heavy (non-hydrogen) atoms. The van der Waals surface area contributed by atoms with E-state index in [0.29, 0.717) is 0 Å². The van der Waals surface area contributed by atoms with Gasteiger partial charge in [-0.2, -0.15) is 8.42 Å². The van der Waals surface area contributed by atoms with E-state index in [9.17, 15) is 18.6 Å². The van der Waals surface area contributed by atoms with Crippen LogP contribution in [0.1, 0.15) is 0 Å². The molecule has 10 heteroatoms. The van der Waals surface area contributed by atoms with Crippen LogP contribution in [0.3, 0.4) is 0 Å². The maximum atomic E-state index is 10.6. The van der Waals surface area contributed by atoms with E-state index in [-0.39, 0.29) is 0 Å². The average molecular weight is 260 g/mol. The SMILES string of the molecule is O=S(=O)(O)C(O)[C@H]1O[C@H](O)[C@H](O)[C@@H](O)[C@H]1O. The van der Waals surface area contributed by atoms with E-state index in [0.717, 1.165) is 0 Å². The Morgan fingerprint density at radius 3 is 1.94 bits per heavy atom. The Labute approximate surface area is 90.3 Å². The van der Waals surface area contributed by atoms with Crippen LogP contribution in [-0.4, -0.2) is 74.6 Å². The molecule has 0 aromatic heterocycles. The predicted octanol–water partition coefficient (Wildman–Crippen LogP) is -4.01. The van der Waals surface area contributed by atoms with Gasteiger partial charge in [0.05, 0.1) is 0 Å². The lowest BCUT2D eigenvalue weighted by Crippen LogP contribution is -2.61. The fourth-order valence-electron chi connectivity index (χ4n) is 1.29. The Hall–Kier alpha value is -0.330. The molecule has 0 bridgehead atoms. The highest BCUT2D eigenvalue weighted by atomic mass is 32.2. The van der Waals surface area contributed by atoms with Gasteiger partial charge in [0.1, 0.15) is 24.4 Å². The molecule has 1 aliphatic heterocycles. The van der Waals surface area contributed by atoms with Crippen molar-refractivity contribution in [3.8, 4) is 0 Å². The lowest BCUT2D eigenvalue weighted by Gasteiger charge is -2.39. The van der Waals surface area contributed by atoms with E-state index in [1.165, 1.54) is 0 Å². The smallest absolute Gasteiger partial charge is 0.294 e. The van der Waals surface area contributed by atoms with Crippen molar-refractivity contribution in [2.45, 2.75) is 36.1 Å². The van der Waals surface area contributed by atoms with Gasteiger partial charge in [-0.3, -0.25) is 4.55 Å². The summed E-state index contributed by atoms with van der Waals surface area (Å²) in [7, 11) is -4.93. The van der Waals surface area contributed by atoms with Crippen LogP contribution in [0.4, 0.5) is 0 Å².